The molecule has 0 atom stereocenters. The molecule has 0 aliphatic heterocycles. The lowest BCUT2D eigenvalue weighted by atomic mass is 9.89. The number of thiophene rings is 2. The number of benzene rings is 4. The fraction of sp³-hybridized carbons (Fsp3) is 0. The predicted octanol–water partition coefficient (Wildman–Crippen LogP) is 8.04. The summed E-state index contributed by atoms with van der Waals surface area (Å²) in [6, 6.07) is 26.9. The summed E-state index contributed by atoms with van der Waals surface area (Å²) in [4.78, 5) is 2.67. The van der Waals surface area contributed by atoms with Crippen molar-refractivity contribution >= 4 is 55.0 Å². The van der Waals surface area contributed by atoms with Gasteiger partial charge in [-0.3, -0.25) is 0 Å². The molecule has 0 nitrogen and oxygen atoms in total. The molecule has 26 heavy (non-hydrogen) atoms. The second kappa shape index (κ2) is 5.41. The highest BCUT2D eigenvalue weighted by atomic mass is 32.1. The monoisotopic (exact) mass is 366 g/mol. The van der Waals surface area contributed by atoms with Crippen LogP contribution in [0.15, 0.2) is 83.6 Å². The second-order valence-corrected chi connectivity index (χ2v) is 8.50. The van der Waals surface area contributed by atoms with Gasteiger partial charge in [0, 0.05) is 9.75 Å². The van der Waals surface area contributed by atoms with Gasteiger partial charge in [-0.2, -0.15) is 0 Å². The Bertz CT molecular complexity index is 1250. The molecule has 0 aliphatic rings. The summed E-state index contributed by atoms with van der Waals surface area (Å²) in [5, 5.41) is 12.4. The van der Waals surface area contributed by atoms with Crippen molar-refractivity contribution < 1.29 is 0 Å². The Kier molecular flexibility index (Phi) is 3.01. The lowest BCUT2D eigenvalue weighted by Gasteiger charge is -2.15. The van der Waals surface area contributed by atoms with Gasteiger partial charge in [0.25, 0.3) is 0 Å². The maximum Gasteiger partial charge on any atom is 0.0348 e. The van der Waals surface area contributed by atoms with Gasteiger partial charge in [0.2, 0.25) is 0 Å². The summed E-state index contributed by atoms with van der Waals surface area (Å²) in [7, 11) is 0. The average Bonchev–Trinajstić information content (AvgIpc) is 3.40. The van der Waals surface area contributed by atoms with Gasteiger partial charge in [-0.1, -0.05) is 60.7 Å². The minimum atomic E-state index is 1.32. The zero-order chi connectivity index (χ0) is 17.1. The van der Waals surface area contributed by atoms with E-state index in [2.05, 4.69) is 83.6 Å². The van der Waals surface area contributed by atoms with E-state index in [4.69, 9.17) is 0 Å². The van der Waals surface area contributed by atoms with E-state index < -0.39 is 0 Å². The molecule has 0 aliphatic carbocycles. The highest BCUT2D eigenvalue weighted by molar-refractivity contribution is 7.14. The van der Waals surface area contributed by atoms with Crippen LogP contribution in [0, 0.1) is 0 Å². The van der Waals surface area contributed by atoms with Crippen LogP contribution in [0.5, 0.6) is 0 Å². The van der Waals surface area contributed by atoms with Gasteiger partial charge in [0.15, 0.2) is 0 Å². The molecule has 2 aromatic heterocycles. The normalized spacial score (nSPS) is 11.8. The van der Waals surface area contributed by atoms with Crippen LogP contribution >= 0.6 is 22.7 Å². The molecule has 0 bridgehead atoms. The van der Waals surface area contributed by atoms with Crippen LogP contribution in [0.3, 0.4) is 0 Å². The van der Waals surface area contributed by atoms with Gasteiger partial charge in [-0.25, -0.2) is 0 Å². The highest BCUT2D eigenvalue weighted by Crippen LogP contribution is 2.43. The average molecular weight is 367 g/mol. The number of hydrogen-bond donors (Lipinski definition) is 0. The SMILES string of the molecule is c1csc(-c2ccc3ccc4ccc(-c5cccs5)c5ccc2c3c45)c1. The predicted molar refractivity (Wildman–Crippen MR) is 117 cm³/mol. The van der Waals surface area contributed by atoms with Crippen molar-refractivity contribution in [2.24, 2.45) is 0 Å². The molecule has 0 radical (unpaired) electrons. The molecule has 122 valence electrons. The maximum atomic E-state index is 2.32. The largest absolute Gasteiger partial charge is 0.144 e. The van der Waals surface area contributed by atoms with E-state index in [0.29, 0.717) is 0 Å². The van der Waals surface area contributed by atoms with Crippen molar-refractivity contribution in [2.75, 3.05) is 0 Å². The smallest absolute Gasteiger partial charge is 0.0348 e. The Morgan fingerprint density at radius 3 is 1.35 bits per heavy atom. The minimum absolute atomic E-state index is 1.32. The van der Waals surface area contributed by atoms with Gasteiger partial charge in [0.1, 0.15) is 0 Å². The van der Waals surface area contributed by atoms with Crippen LogP contribution in [0.25, 0.3) is 53.2 Å². The van der Waals surface area contributed by atoms with E-state index in [1.165, 1.54) is 53.2 Å². The third-order valence-corrected chi connectivity index (χ3v) is 7.04. The third kappa shape index (κ3) is 1.94. The van der Waals surface area contributed by atoms with Crippen LogP contribution in [-0.2, 0) is 0 Å². The molecule has 6 aromatic rings. The van der Waals surface area contributed by atoms with E-state index in [9.17, 15) is 0 Å². The van der Waals surface area contributed by atoms with E-state index in [0.717, 1.165) is 0 Å². The summed E-state index contributed by atoms with van der Waals surface area (Å²) >= 11 is 3.62. The molecule has 2 heteroatoms. The van der Waals surface area contributed by atoms with Crippen molar-refractivity contribution in [1.29, 1.82) is 0 Å². The molecule has 4 aromatic carbocycles. The summed E-state index contributed by atoms with van der Waals surface area (Å²) in [6.45, 7) is 0. The third-order valence-electron chi connectivity index (χ3n) is 5.24. The van der Waals surface area contributed by atoms with Gasteiger partial charge in [-0.15, -0.1) is 22.7 Å². The highest BCUT2D eigenvalue weighted by Gasteiger charge is 2.15. The topological polar surface area (TPSA) is 0 Å². The van der Waals surface area contributed by atoms with E-state index in [-0.39, 0.29) is 0 Å². The van der Waals surface area contributed by atoms with Crippen LogP contribution < -0.4 is 0 Å². The summed E-state index contributed by atoms with van der Waals surface area (Å²) < 4.78 is 0. The summed E-state index contributed by atoms with van der Waals surface area (Å²) in [5.41, 5.74) is 2.67. The molecule has 0 fully saturated rings. The Labute approximate surface area is 159 Å². The van der Waals surface area contributed by atoms with Crippen molar-refractivity contribution in [3.05, 3.63) is 83.6 Å². The van der Waals surface area contributed by atoms with Crippen LogP contribution in [-0.4, -0.2) is 0 Å². The number of rotatable bonds is 2. The van der Waals surface area contributed by atoms with Crippen molar-refractivity contribution in [1.82, 2.24) is 0 Å². The molecule has 0 unspecified atom stereocenters. The summed E-state index contributed by atoms with van der Waals surface area (Å²) in [6.07, 6.45) is 0. The lowest BCUT2D eigenvalue weighted by molar-refractivity contribution is 1.76. The molecule has 0 saturated carbocycles. The van der Waals surface area contributed by atoms with E-state index in [1.807, 2.05) is 22.7 Å². The maximum absolute atomic E-state index is 2.32. The molecule has 6 rings (SSSR count). The minimum Gasteiger partial charge on any atom is -0.144 e. The van der Waals surface area contributed by atoms with Gasteiger partial charge in [0.05, 0.1) is 0 Å². The fourth-order valence-electron chi connectivity index (χ4n) is 4.09. The molecule has 0 N–H and O–H groups in total. The van der Waals surface area contributed by atoms with Crippen LogP contribution in [0.1, 0.15) is 0 Å². The first kappa shape index (κ1) is 14.5. The number of hydrogen-bond acceptors (Lipinski definition) is 2. The zero-order valence-electron chi connectivity index (χ0n) is 13.9. The van der Waals surface area contributed by atoms with Crippen molar-refractivity contribution in [3.63, 3.8) is 0 Å². The molecule has 2 heterocycles. The van der Waals surface area contributed by atoms with Crippen LogP contribution in [0.4, 0.5) is 0 Å². The Hall–Kier alpha value is -2.68. The van der Waals surface area contributed by atoms with Gasteiger partial charge >= 0.3 is 0 Å². The molecular weight excluding hydrogens is 352 g/mol. The zero-order valence-corrected chi connectivity index (χ0v) is 15.5. The van der Waals surface area contributed by atoms with E-state index in [1.54, 1.807) is 0 Å². The standard InChI is InChI=1S/C24H14S2/c1-3-21(25-13-1)17-9-7-15-5-6-16-8-10-18(22-4-2-14-26-22)20-12-11-19(17)23(15)24(16)20/h1-14H. The molecule has 0 saturated heterocycles. The molecule has 0 amide bonds. The van der Waals surface area contributed by atoms with Crippen molar-refractivity contribution in [2.45, 2.75) is 0 Å². The molecular formula is C24H14S2. The molecule has 0 spiro atoms. The first-order valence-corrected chi connectivity index (χ1v) is 10.4. The van der Waals surface area contributed by atoms with Gasteiger partial charge in [-0.05, 0) is 66.3 Å². The first-order chi connectivity index (χ1) is 12.9. The Morgan fingerprint density at radius 1 is 0.462 bits per heavy atom. The Balaban J connectivity index is 1.81. The lowest BCUT2D eigenvalue weighted by Crippen LogP contribution is -1.87. The Morgan fingerprint density at radius 2 is 0.923 bits per heavy atom. The van der Waals surface area contributed by atoms with Crippen LogP contribution in [0.2, 0.25) is 0 Å². The first-order valence-electron chi connectivity index (χ1n) is 8.68. The second-order valence-electron chi connectivity index (χ2n) is 6.60. The fourth-order valence-corrected chi connectivity index (χ4v) is 5.63. The summed E-state index contributed by atoms with van der Waals surface area (Å²) in [5.74, 6) is 0. The quantitative estimate of drug-likeness (QED) is 0.272. The van der Waals surface area contributed by atoms with Gasteiger partial charge < -0.3 is 0 Å². The van der Waals surface area contributed by atoms with Crippen molar-refractivity contribution in [3.8, 4) is 20.9 Å². The van der Waals surface area contributed by atoms with E-state index >= 15 is 0 Å².